The second kappa shape index (κ2) is 5.12. The predicted molar refractivity (Wildman–Crippen MR) is 64.0 cm³/mol. The van der Waals surface area contributed by atoms with E-state index in [0.29, 0.717) is 11.9 Å². The zero-order chi connectivity index (χ0) is 12.3. The van der Waals surface area contributed by atoms with E-state index >= 15 is 0 Å². The highest BCUT2D eigenvalue weighted by molar-refractivity contribution is 5.75. The van der Waals surface area contributed by atoms with Gasteiger partial charge in [-0.15, -0.1) is 0 Å². The lowest BCUT2D eigenvalue weighted by Gasteiger charge is -2.11. The van der Waals surface area contributed by atoms with Crippen molar-refractivity contribution in [2.45, 2.75) is 44.6 Å². The topological polar surface area (TPSA) is 75.1 Å². The molecule has 92 valence electrons. The summed E-state index contributed by atoms with van der Waals surface area (Å²) >= 11 is 0. The minimum Gasteiger partial charge on any atom is -0.480 e. The second-order valence-corrected chi connectivity index (χ2v) is 4.53. The van der Waals surface area contributed by atoms with Gasteiger partial charge < -0.3 is 10.4 Å². The first-order chi connectivity index (χ1) is 8.16. The van der Waals surface area contributed by atoms with Crippen molar-refractivity contribution in [2.24, 2.45) is 0 Å². The van der Waals surface area contributed by atoms with Gasteiger partial charge in [0.25, 0.3) is 0 Å². The zero-order valence-electron chi connectivity index (χ0n) is 9.89. The summed E-state index contributed by atoms with van der Waals surface area (Å²) in [6.07, 6.45) is 8.59. The smallest absolute Gasteiger partial charge is 0.325 e. The molecule has 0 spiro atoms. The normalized spacial score (nSPS) is 17.9. The van der Waals surface area contributed by atoms with Gasteiger partial charge in [0.1, 0.15) is 6.04 Å². The molecule has 0 aromatic carbocycles. The maximum Gasteiger partial charge on any atom is 0.325 e. The van der Waals surface area contributed by atoms with Gasteiger partial charge in [-0.25, -0.2) is 9.97 Å². The maximum atomic E-state index is 10.7. The van der Waals surface area contributed by atoms with Gasteiger partial charge in [0, 0.05) is 12.4 Å². The third kappa shape index (κ3) is 2.93. The fourth-order valence-electron chi connectivity index (χ4n) is 2.14. The first kappa shape index (κ1) is 11.8. The van der Waals surface area contributed by atoms with Crippen LogP contribution >= 0.6 is 0 Å². The van der Waals surface area contributed by atoms with Gasteiger partial charge in [-0.2, -0.15) is 0 Å². The van der Waals surface area contributed by atoms with E-state index in [1.807, 2.05) is 0 Å². The van der Waals surface area contributed by atoms with Crippen molar-refractivity contribution in [2.75, 3.05) is 5.32 Å². The Labute approximate surface area is 100 Å². The molecule has 5 nitrogen and oxygen atoms in total. The fourth-order valence-corrected chi connectivity index (χ4v) is 2.14. The summed E-state index contributed by atoms with van der Waals surface area (Å²) in [5.74, 6) is 0.0519. The molecule has 5 heteroatoms. The van der Waals surface area contributed by atoms with Crippen molar-refractivity contribution in [3.63, 3.8) is 0 Å². The van der Waals surface area contributed by atoms with Crippen LogP contribution in [0.15, 0.2) is 12.4 Å². The van der Waals surface area contributed by atoms with Gasteiger partial charge >= 0.3 is 5.97 Å². The molecule has 1 heterocycles. The molecule has 1 fully saturated rings. The quantitative estimate of drug-likeness (QED) is 0.835. The largest absolute Gasteiger partial charge is 0.480 e. The highest BCUT2D eigenvalue weighted by Gasteiger charge is 2.18. The first-order valence-corrected chi connectivity index (χ1v) is 5.98. The number of hydrogen-bond acceptors (Lipinski definition) is 4. The van der Waals surface area contributed by atoms with Crippen molar-refractivity contribution in [1.29, 1.82) is 0 Å². The van der Waals surface area contributed by atoms with Gasteiger partial charge in [0.2, 0.25) is 5.95 Å². The highest BCUT2D eigenvalue weighted by atomic mass is 16.4. The average molecular weight is 235 g/mol. The van der Waals surface area contributed by atoms with Crippen LogP contribution < -0.4 is 5.32 Å². The number of anilines is 1. The van der Waals surface area contributed by atoms with Crippen LogP contribution in [0.2, 0.25) is 0 Å². The SMILES string of the molecule is CC(Nc1ncc(C2CCCC2)cn1)C(=O)O. The number of aliphatic carboxylic acids is 1. The summed E-state index contributed by atoms with van der Waals surface area (Å²) in [5.41, 5.74) is 1.16. The molecule has 0 radical (unpaired) electrons. The molecule has 0 aliphatic heterocycles. The minimum absolute atomic E-state index is 0.377. The van der Waals surface area contributed by atoms with Gasteiger partial charge in [-0.05, 0) is 31.2 Å². The van der Waals surface area contributed by atoms with E-state index in [0.717, 1.165) is 5.56 Å². The summed E-state index contributed by atoms with van der Waals surface area (Å²) < 4.78 is 0. The Morgan fingerprint density at radius 3 is 2.53 bits per heavy atom. The summed E-state index contributed by atoms with van der Waals surface area (Å²) in [5, 5.41) is 11.5. The molecule has 1 aromatic heterocycles. The lowest BCUT2D eigenvalue weighted by Crippen LogP contribution is -2.26. The van der Waals surface area contributed by atoms with Crippen LogP contribution in [0.25, 0.3) is 0 Å². The van der Waals surface area contributed by atoms with E-state index in [1.54, 1.807) is 19.3 Å². The number of carbonyl (C=O) groups is 1. The number of rotatable bonds is 4. The molecule has 2 N–H and O–H groups in total. The molecule has 1 aliphatic rings. The van der Waals surface area contributed by atoms with E-state index < -0.39 is 12.0 Å². The van der Waals surface area contributed by atoms with Crippen LogP contribution in [-0.4, -0.2) is 27.1 Å². The summed E-state index contributed by atoms with van der Waals surface area (Å²) in [7, 11) is 0. The van der Waals surface area contributed by atoms with E-state index in [2.05, 4.69) is 15.3 Å². The van der Waals surface area contributed by atoms with Crippen LogP contribution in [0, 0.1) is 0 Å². The van der Waals surface area contributed by atoms with Crippen LogP contribution in [0.5, 0.6) is 0 Å². The van der Waals surface area contributed by atoms with Crippen LogP contribution in [0.4, 0.5) is 5.95 Å². The van der Waals surface area contributed by atoms with Gasteiger partial charge in [-0.1, -0.05) is 12.8 Å². The Bertz CT molecular complexity index is 385. The van der Waals surface area contributed by atoms with Gasteiger partial charge in [0.05, 0.1) is 0 Å². The Balaban J connectivity index is 2.00. The third-order valence-electron chi connectivity index (χ3n) is 3.21. The number of aromatic nitrogens is 2. The summed E-state index contributed by atoms with van der Waals surface area (Å²) in [6.45, 7) is 1.57. The molecule has 0 saturated heterocycles. The van der Waals surface area contributed by atoms with Crippen molar-refractivity contribution < 1.29 is 9.90 Å². The number of hydrogen-bond donors (Lipinski definition) is 2. The highest BCUT2D eigenvalue weighted by Crippen LogP contribution is 2.33. The lowest BCUT2D eigenvalue weighted by atomic mass is 10.0. The number of nitrogens with zero attached hydrogens (tertiary/aromatic N) is 2. The van der Waals surface area contributed by atoms with E-state index in [-0.39, 0.29) is 0 Å². The monoisotopic (exact) mass is 235 g/mol. The van der Waals surface area contributed by atoms with Crippen molar-refractivity contribution in [1.82, 2.24) is 9.97 Å². The van der Waals surface area contributed by atoms with Crippen molar-refractivity contribution in [3.8, 4) is 0 Å². The molecule has 2 rings (SSSR count). The van der Waals surface area contributed by atoms with E-state index in [4.69, 9.17) is 5.11 Å². The standard InChI is InChI=1S/C12H17N3O2/c1-8(11(16)17)15-12-13-6-10(7-14-12)9-4-2-3-5-9/h6-9H,2-5H2,1H3,(H,16,17)(H,13,14,15). The molecule has 1 unspecified atom stereocenters. The van der Waals surface area contributed by atoms with Gasteiger partial charge in [0.15, 0.2) is 0 Å². The van der Waals surface area contributed by atoms with Crippen LogP contribution in [0.1, 0.15) is 44.1 Å². The first-order valence-electron chi connectivity index (χ1n) is 5.98. The fraction of sp³-hybridized carbons (Fsp3) is 0.583. The number of carboxylic acid groups (broad SMARTS) is 1. The second-order valence-electron chi connectivity index (χ2n) is 4.53. The average Bonchev–Trinajstić information content (AvgIpc) is 2.83. The summed E-state index contributed by atoms with van der Waals surface area (Å²) in [4.78, 5) is 19.0. The molecule has 0 bridgehead atoms. The predicted octanol–water partition coefficient (Wildman–Crippen LogP) is 2.02. The van der Waals surface area contributed by atoms with Crippen LogP contribution in [-0.2, 0) is 4.79 Å². The Hall–Kier alpha value is -1.65. The lowest BCUT2D eigenvalue weighted by molar-refractivity contribution is -0.137. The Kier molecular flexibility index (Phi) is 3.56. The number of carboxylic acids is 1. The number of nitrogens with one attached hydrogen (secondary N) is 1. The molecule has 1 saturated carbocycles. The third-order valence-corrected chi connectivity index (χ3v) is 3.21. The molecule has 1 aliphatic carbocycles. The van der Waals surface area contributed by atoms with Crippen molar-refractivity contribution >= 4 is 11.9 Å². The molecule has 1 atom stereocenters. The van der Waals surface area contributed by atoms with E-state index in [9.17, 15) is 4.79 Å². The van der Waals surface area contributed by atoms with Gasteiger partial charge in [-0.3, -0.25) is 4.79 Å². The summed E-state index contributed by atoms with van der Waals surface area (Å²) in [6, 6.07) is -0.674. The molecular formula is C12H17N3O2. The zero-order valence-corrected chi connectivity index (χ0v) is 9.89. The van der Waals surface area contributed by atoms with Crippen LogP contribution in [0.3, 0.4) is 0 Å². The van der Waals surface area contributed by atoms with Crippen molar-refractivity contribution in [3.05, 3.63) is 18.0 Å². The molecule has 17 heavy (non-hydrogen) atoms. The maximum absolute atomic E-state index is 10.7. The molecule has 0 amide bonds. The molecular weight excluding hydrogens is 218 g/mol. The minimum atomic E-state index is -0.909. The van der Waals surface area contributed by atoms with E-state index in [1.165, 1.54) is 25.7 Å². The molecule has 1 aromatic rings. The Morgan fingerprint density at radius 1 is 1.41 bits per heavy atom. The Morgan fingerprint density at radius 2 is 2.00 bits per heavy atom.